The molecule has 0 heterocycles. The Labute approximate surface area is 68.8 Å². The summed E-state index contributed by atoms with van der Waals surface area (Å²) < 4.78 is 0. The van der Waals surface area contributed by atoms with Gasteiger partial charge in [-0.1, -0.05) is 26.7 Å². The molecule has 1 aliphatic rings. The van der Waals surface area contributed by atoms with Gasteiger partial charge in [-0.3, -0.25) is 0 Å². The van der Waals surface area contributed by atoms with Crippen LogP contribution in [0.4, 0.5) is 0 Å². The second-order valence-corrected chi connectivity index (χ2v) is 4.76. The van der Waals surface area contributed by atoms with Crippen molar-refractivity contribution < 1.29 is 0 Å². The van der Waals surface area contributed by atoms with E-state index in [1.807, 2.05) is 0 Å². The third-order valence-electron chi connectivity index (χ3n) is 1.92. The van der Waals surface area contributed by atoms with Gasteiger partial charge in [-0.2, -0.15) is 11.8 Å². The van der Waals surface area contributed by atoms with Gasteiger partial charge in [0.15, 0.2) is 0 Å². The van der Waals surface area contributed by atoms with Crippen LogP contribution in [0.5, 0.6) is 0 Å². The molecule has 0 bridgehead atoms. The molecular weight excluding hydrogens is 140 g/mol. The first kappa shape index (κ1) is 8.45. The van der Waals surface area contributed by atoms with Gasteiger partial charge in [-0.15, -0.1) is 0 Å². The molecule has 60 valence electrons. The summed E-state index contributed by atoms with van der Waals surface area (Å²) in [6.07, 6.45) is 5.75. The lowest BCUT2D eigenvalue weighted by molar-refractivity contribution is 0.585. The van der Waals surface area contributed by atoms with Crippen molar-refractivity contribution in [1.29, 1.82) is 0 Å². The number of thioether (sulfide) groups is 1. The Bertz CT molecular complexity index is 86.7. The van der Waals surface area contributed by atoms with Crippen molar-refractivity contribution in [2.24, 2.45) is 5.92 Å². The van der Waals surface area contributed by atoms with Gasteiger partial charge in [0, 0.05) is 5.25 Å². The average Bonchev–Trinajstić information content (AvgIpc) is 2.67. The summed E-state index contributed by atoms with van der Waals surface area (Å²) in [4.78, 5) is 0. The molecule has 1 heteroatoms. The molecule has 1 unspecified atom stereocenters. The molecule has 0 amide bonds. The fourth-order valence-corrected chi connectivity index (χ4v) is 2.35. The molecule has 0 N–H and O–H groups in total. The molecule has 0 saturated heterocycles. The summed E-state index contributed by atoms with van der Waals surface area (Å²) in [7, 11) is 0. The van der Waals surface area contributed by atoms with Crippen LogP contribution in [0.25, 0.3) is 0 Å². The van der Waals surface area contributed by atoms with Crippen molar-refractivity contribution >= 4 is 11.8 Å². The lowest BCUT2D eigenvalue weighted by atomic mass is 10.1. The van der Waals surface area contributed by atoms with Crippen LogP contribution in [0, 0.1) is 5.92 Å². The number of hydrogen-bond donors (Lipinski definition) is 0. The Morgan fingerprint density at radius 3 is 2.70 bits per heavy atom. The fourth-order valence-electron chi connectivity index (χ4n) is 1.11. The van der Waals surface area contributed by atoms with E-state index in [2.05, 4.69) is 25.6 Å². The minimum Gasteiger partial charge on any atom is -0.158 e. The molecule has 1 saturated carbocycles. The highest BCUT2D eigenvalue weighted by Gasteiger charge is 2.21. The van der Waals surface area contributed by atoms with Gasteiger partial charge >= 0.3 is 0 Å². The Morgan fingerprint density at radius 1 is 1.50 bits per heavy atom. The van der Waals surface area contributed by atoms with E-state index in [1.54, 1.807) is 0 Å². The van der Waals surface area contributed by atoms with E-state index >= 15 is 0 Å². The molecule has 0 radical (unpaired) electrons. The Hall–Kier alpha value is 0.350. The summed E-state index contributed by atoms with van der Waals surface area (Å²) >= 11 is 2.19. The van der Waals surface area contributed by atoms with Gasteiger partial charge in [0.05, 0.1) is 0 Å². The van der Waals surface area contributed by atoms with Crippen molar-refractivity contribution in [1.82, 2.24) is 0 Å². The first-order chi connectivity index (χ1) is 4.83. The maximum Gasteiger partial charge on any atom is 0.00479 e. The summed E-state index contributed by atoms with van der Waals surface area (Å²) in [6.45, 7) is 4.65. The van der Waals surface area contributed by atoms with Gasteiger partial charge < -0.3 is 0 Å². The van der Waals surface area contributed by atoms with Gasteiger partial charge in [0.1, 0.15) is 0 Å². The maximum absolute atomic E-state index is 2.37. The van der Waals surface area contributed by atoms with E-state index in [9.17, 15) is 0 Å². The summed E-state index contributed by atoms with van der Waals surface area (Å²) in [6, 6.07) is 0. The Balaban J connectivity index is 1.89. The molecule has 0 aromatic carbocycles. The van der Waals surface area contributed by atoms with E-state index < -0.39 is 0 Å². The zero-order chi connectivity index (χ0) is 7.40. The zero-order valence-electron chi connectivity index (χ0n) is 7.10. The first-order valence-electron chi connectivity index (χ1n) is 4.44. The molecule has 0 nitrogen and oxygen atoms in total. The molecule has 0 spiro atoms. The highest BCUT2D eigenvalue weighted by Crippen LogP contribution is 2.35. The molecule has 10 heavy (non-hydrogen) atoms. The molecule has 0 aromatic heterocycles. The van der Waals surface area contributed by atoms with Crippen LogP contribution >= 0.6 is 11.8 Å². The van der Waals surface area contributed by atoms with E-state index in [4.69, 9.17) is 0 Å². The van der Waals surface area contributed by atoms with Gasteiger partial charge in [-0.05, 0) is 24.5 Å². The second-order valence-electron chi connectivity index (χ2n) is 3.43. The number of rotatable bonds is 5. The van der Waals surface area contributed by atoms with E-state index in [0.717, 1.165) is 11.2 Å². The topological polar surface area (TPSA) is 0 Å². The third kappa shape index (κ3) is 3.50. The van der Waals surface area contributed by atoms with Gasteiger partial charge in [0.25, 0.3) is 0 Å². The van der Waals surface area contributed by atoms with Crippen molar-refractivity contribution in [3.63, 3.8) is 0 Å². The zero-order valence-corrected chi connectivity index (χ0v) is 7.91. The number of hydrogen-bond acceptors (Lipinski definition) is 1. The fraction of sp³-hybridized carbons (Fsp3) is 1.00. The summed E-state index contributed by atoms with van der Waals surface area (Å²) in [5.41, 5.74) is 0. The smallest absolute Gasteiger partial charge is 0.00479 e. The van der Waals surface area contributed by atoms with E-state index in [1.165, 1.54) is 31.4 Å². The molecule has 0 aliphatic heterocycles. The summed E-state index contributed by atoms with van der Waals surface area (Å²) in [5.74, 6) is 2.36. The molecule has 1 rings (SSSR count). The van der Waals surface area contributed by atoms with Crippen LogP contribution in [0.3, 0.4) is 0 Å². The average molecular weight is 158 g/mol. The quantitative estimate of drug-likeness (QED) is 0.591. The van der Waals surface area contributed by atoms with Crippen LogP contribution in [0.1, 0.15) is 39.5 Å². The largest absolute Gasteiger partial charge is 0.158 e. The Kier molecular flexibility index (Phi) is 3.61. The highest BCUT2D eigenvalue weighted by atomic mass is 32.2. The summed E-state index contributed by atoms with van der Waals surface area (Å²) in [5, 5.41) is 1.05. The van der Waals surface area contributed by atoms with E-state index in [-0.39, 0.29) is 0 Å². The van der Waals surface area contributed by atoms with Crippen molar-refractivity contribution in [3.05, 3.63) is 0 Å². The van der Waals surface area contributed by atoms with Crippen LogP contribution in [0.2, 0.25) is 0 Å². The van der Waals surface area contributed by atoms with Crippen molar-refractivity contribution in [2.45, 2.75) is 44.8 Å². The van der Waals surface area contributed by atoms with E-state index in [0.29, 0.717) is 0 Å². The Morgan fingerprint density at radius 2 is 2.20 bits per heavy atom. The lowest BCUT2D eigenvalue weighted by Crippen LogP contribution is -1.97. The van der Waals surface area contributed by atoms with Crippen LogP contribution in [0.15, 0.2) is 0 Å². The monoisotopic (exact) mass is 158 g/mol. The van der Waals surface area contributed by atoms with Gasteiger partial charge in [-0.25, -0.2) is 0 Å². The lowest BCUT2D eigenvalue weighted by Gasteiger charge is -2.07. The highest BCUT2D eigenvalue weighted by molar-refractivity contribution is 8.00. The predicted molar refractivity (Wildman–Crippen MR) is 49.6 cm³/mol. The normalized spacial score (nSPS) is 21.0. The van der Waals surface area contributed by atoms with Crippen LogP contribution in [-0.4, -0.2) is 11.0 Å². The minimum atomic E-state index is 0.954. The molecule has 0 aromatic rings. The first-order valence-corrected chi connectivity index (χ1v) is 5.49. The molecule has 1 fully saturated rings. The standard InChI is InChI=1S/C9H18S/c1-3-4-8(2)7-10-9-5-6-9/h8-9H,3-7H2,1-2H3. The maximum atomic E-state index is 2.37. The van der Waals surface area contributed by atoms with Gasteiger partial charge in [0.2, 0.25) is 0 Å². The molecule has 1 aliphatic carbocycles. The third-order valence-corrected chi connectivity index (χ3v) is 3.63. The molecule has 1 atom stereocenters. The predicted octanol–water partition coefficient (Wildman–Crippen LogP) is 3.32. The second kappa shape index (κ2) is 4.27. The van der Waals surface area contributed by atoms with Crippen molar-refractivity contribution in [2.75, 3.05) is 5.75 Å². The molecular formula is C9H18S. The van der Waals surface area contributed by atoms with Crippen LogP contribution in [-0.2, 0) is 0 Å². The van der Waals surface area contributed by atoms with Crippen LogP contribution < -0.4 is 0 Å². The van der Waals surface area contributed by atoms with Crippen molar-refractivity contribution in [3.8, 4) is 0 Å². The SMILES string of the molecule is CCCC(C)CSC1CC1. The minimum absolute atomic E-state index is 0.954.